The van der Waals surface area contributed by atoms with Gasteiger partial charge in [0.05, 0.1) is 25.0 Å². The van der Waals surface area contributed by atoms with E-state index in [2.05, 4.69) is 39.3 Å². The molecule has 1 saturated carbocycles. The molecule has 3 amide bonds. The van der Waals surface area contributed by atoms with Crippen LogP contribution in [0.15, 0.2) is 42.9 Å². The summed E-state index contributed by atoms with van der Waals surface area (Å²) >= 11 is 0. The van der Waals surface area contributed by atoms with Crippen molar-refractivity contribution >= 4 is 17.7 Å². The largest absolute Gasteiger partial charge is 0.371 e. The van der Waals surface area contributed by atoms with Crippen LogP contribution in [0.4, 0.5) is 0 Å². The number of hydrogen-bond acceptors (Lipinski definition) is 6. The number of H-pyrrole nitrogens is 1. The third kappa shape index (κ3) is 4.10. The molecule has 1 unspecified atom stereocenters. The molecule has 202 valence electrons. The van der Waals surface area contributed by atoms with E-state index in [4.69, 9.17) is 4.74 Å². The van der Waals surface area contributed by atoms with Crippen molar-refractivity contribution in [1.29, 1.82) is 0 Å². The Kier molecular flexibility index (Phi) is 6.07. The van der Waals surface area contributed by atoms with Gasteiger partial charge in [-0.25, -0.2) is 4.98 Å². The number of imidazole rings is 1. The van der Waals surface area contributed by atoms with Gasteiger partial charge in [-0.1, -0.05) is 44.2 Å². The van der Waals surface area contributed by atoms with Gasteiger partial charge in [-0.3, -0.25) is 19.3 Å². The molecular formula is C28H36N6O4. The van der Waals surface area contributed by atoms with E-state index in [0.717, 1.165) is 11.3 Å². The number of likely N-dealkylation sites (tertiary alicyclic amines) is 1. The first-order chi connectivity index (χ1) is 18.2. The summed E-state index contributed by atoms with van der Waals surface area (Å²) in [4.78, 5) is 52.4. The fourth-order valence-corrected chi connectivity index (χ4v) is 7.19. The van der Waals surface area contributed by atoms with Crippen LogP contribution in [0.3, 0.4) is 0 Å². The number of rotatable bonds is 6. The Bertz CT molecular complexity index is 1210. The molecule has 10 heteroatoms. The van der Waals surface area contributed by atoms with Gasteiger partial charge in [0.25, 0.3) is 0 Å². The summed E-state index contributed by atoms with van der Waals surface area (Å²) in [5, 5.41) is 5.84. The lowest BCUT2D eigenvalue weighted by molar-refractivity contribution is -0.151. The van der Waals surface area contributed by atoms with Gasteiger partial charge in [0.15, 0.2) is 0 Å². The molecule has 5 atom stereocenters. The van der Waals surface area contributed by atoms with Gasteiger partial charge in [-0.05, 0) is 11.0 Å². The number of hydrogen-bond donors (Lipinski definition) is 3. The van der Waals surface area contributed by atoms with E-state index in [1.54, 1.807) is 19.6 Å². The maximum Gasteiger partial charge on any atom is 0.245 e. The van der Waals surface area contributed by atoms with E-state index in [9.17, 15) is 14.4 Å². The lowest BCUT2D eigenvalue weighted by atomic mass is 9.71. The standard InChI is InChI=1S/C28H36N6O4/c1-27(2)20-21(27)26(37)34-14-28(15-34)13-33(10-18-9-30-16-31-18)11-19(28)24(35)32-22(25(36)29-3)23(20)38-12-17-7-5-4-6-8-17/h4-9,16,19-23H,10-15H2,1-3H3,(H,29,36)(H,30,31)(H,32,35)/t19-,20?,21+,22-,23+/m0/s1. The van der Waals surface area contributed by atoms with E-state index < -0.39 is 12.1 Å². The first kappa shape index (κ1) is 25.1. The van der Waals surface area contributed by atoms with Crippen LogP contribution >= 0.6 is 0 Å². The quantitative estimate of drug-likeness (QED) is 0.518. The second-order valence-corrected chi connectivity index (χ2v) is 12.0. The smallest absolute Gasteiger partial charge is 0.245 e. The van der Waals surface area contributed by atoms with Crippen LogP contribution in [0.5, 0.6) is 0 Å². The van der Waals surface area contributed by atoms with Gasteiger partial charge in [0.1, 0.15) is 6.04 Å². The number of aromatic amines is 1. The van der Waals surface area contributed by atoms with Gasteiger partial charge in [-0.15, -0.1) is 0 Å². The average Bonchev–Trinajstić information content (AvgIpc) is 3.24. The molecule has 3 N–H and O–H groups in total. The minimum atomic E-state index is -0.901. The van der Waals surface area contributed by atoms with Crippen molar-refractivity contribution in [2.24, 2.45) is 28.6 Å². The topological polar surface area (TPSA) is 120 Å². The highest BCUT2D eigenvalue weighted by Crippen LogP contribution is 2.63. The summed E-state index contributed by atoms with van der Waals surface area (Å²) in [7, 11) is 1.57. The van der Waals surface area contributed by atoms with E-state index in [1.165, 1.54) is 0 Å². The number of nitrogens with zero attached hydrogens (tertiary/aromatic N) is 3. The molecule has 10 nitrogen and oxygen atoms in total. The summed E-state index contributed by atoms with van der Waals surface area (Å²) in [6.07, 6.45) is 2.80. The predicted molar refractivity (Wildman–Crippen MR) is 138 cm³/mol. The molecule has 4 saturated heterocycles. The monoisotopic (exact) mass is 520 g/mol. The van der Waals surface area contributed by atoms with Crippen LogP contribution in [-0.2, 0) is 32.3 Å². The summed E-state index contributed by atoms with van der Waals surface area (Å²) in [5.41, 5.74) is 1.28. The molecule has 1 aromatic heterocycles. The molecule has 1 spiro atoms. The fraction of sp³-hybridized carbons (Fsp3) is 0.571. The fourth-order valence-electron chi connectivity index (χ4n) is 7.19. The summed E-state index contributed by atoms with van der Waals surface area (Å²) in [6.45, 7) is 7.45. The molecule has 0 radical (unpaired) electrons. The zero-order chi connectivity index (χ0) is 26.7. The van der Waals surface area contributed by atoms with E-state index >= 15 is 0 Å². The van der Waals surface area contributed by atoms with E-state index in [1.807, 2.05) is 35.2 Å². The lowest BCUT2D eigenvalue weighted by Crippen LogP contribution is -2.65. The predicted octanol–water partition coefficient (Wildman–Crippen LogP) is 0.772. The van der Waals surface area contributed by atoms with Crippen molar-refractivity contribution in [1.82, 2.24) is 30.4 Å². The zero-order valence-electron chi connectivity index (χ0n) is 22.1. The van der Waals surface area contributed by atoms with Gasteiger partial charge >= 0.3 is 0 Å². The molecule has 5 heterocycles. The molecular weight excluding hydrogens is 484 g/mol. The minimum Gasteiger partial charge on any atom is -0.371 e. The number of amides is 3. The van der Waals surface area contributed by atoms with Crippen LogP contribution in [0.1, 0.15) is 25.1 Å². The number of aromatic nitrogens is 2. The van der Waals surface area contributed by atoms with Gasteiger partial charge in [0.2, 0.25) is 17.7 Å². The Hall–Kier alpha value is -3.24. The third-order valence-corrected chi connectivity index (χ3v) is 9.28. The van der Waals surface area contributed by atoms with Crippen LogP contribution < -0.4 is 10.6 Å². The van der Waals surface area contributed by atoms with Crippen LogP contribution in [0.25, 0.3) is 0 Å². The molecule has 1 aromatic carbocycles. The number of fused-ring (bicyclic) bond motifs is 3. The van der Waals surface area contributed by atoms with Crippen LogP contribution in [0.2, 0.25) is 0 Å². The molecule has 4 aliphatic heterocycles. The number of carbonyl (C=O) groups is 3. The summed E-state index contributed by atoms with van der Waals surface area (Å²) < 4.78 is 6.45. The van der Waals surface area contributed by atoms with Crippen molar-refractivity contribution in [2.75, 3.05) is 33.2 Å². The molecule has 5 fully saturated rings. The number of ether oxygens (including phenoxy) is 1. The minimum absolute atomic E-state index is 0.106. The van der Waals surface area contributed by atoms with Crippen molar-refractivity contribution in [3.8, 4) is 0 Å². The van der Waals surface area contributed by atoms with Gasteiger partial charge < -0.3 is 25.3 Å². The average molecular weight is 521 g/mol. The lowest BCUT2D eigenvalue weighted by Gasteiger charge is -2.50. The summed E-state index contributed by atoms with van der Waals surface area (Å²) in [6, 6.07) is 8.86. The van der Waals surface area contributed by atoms with Crippen molar-refractivity contribution < 1.29 is 19.1 Å². The maximum atomic E-state index is 13.9. The van der Waals surface area contributed by atoms with Crippen LogP contribution in [0, 0.1) is 28.6 Å². The number of carbonyl (C=O) groups excluding carboxylic acids is 3. The summed E-state index contributed by atoms with van der Waals surface area (Å²) in [5.74, 6) is -1.13. The molecule has 38 heavy (non-hydrogen) atoms. The second kappa shape index (κ2) is 9.20. The normalized spacial score (nSPS) is 31.3. The van der Waals surface area contributed by atoms with Gasteiger partial charge in [0, 0.05) is 68.9 Å². The van der Waals surface area contributed by atoms with E-state index in [0.29, 0.717) is 32.7 Å². The van der Waals surface area contributed by atoms with E-state index in [-0.39, 0.29) is 52.9 Å². The Balaban J connectivity index is 1.32. The highest BCUT2D eigenvalue weighted by Gasteiger charge is 2.70. The second-order valence-electron chi connectivity index (χ2n) is 12.0. The molecule has 1 aliphatic carbocycles. The third-order valence-electron chi connectivity index (χ3n) is 9.28. The Morgan fingerprint density at radius 3 is 2.63 bits per heavy atom. The Morgan fingerprint density at radius 1 is 1.18 bits per heavy atom. The van der Waals surface area contributed by atoms with Crippen molar-refractivity contribution in [3.05, 3.63) is 54.1 Å². The molecule has 2 aromatic rings. The zero-order valence-corrected chi connectivity index (χ0v) is 22.1. The highest BCUT2D eigenvalue weighted by molar-refractivity contribution is 5.91. The molecule has 5 aliphatic rings. The van der Waals surface area contributed by atoms with Crippen molar-refractivity contribution in [2.45, 2.75) is 39.1 Å². The highest BCUT2D eigenvalue weighted by atomic mass is 16.5. The molecule has 7 rings (SSSR count). The SMILES string of the molecule is CNC(=O)[C@H]1NC(=O)[C@@H]2CN(Cc3cnc[nH]3)CC23CN(C3)C(=O)[C@H]2C([C@H]1OCc1ccccc1)C2(C)C. The first-order valence-electron chi connectivity index (χ1n) is 13.4. The van der Waals surface area contributed by atoms with Crippen molar-refractivity contribution in [3.63, 3.8) is 0 Å². The number of nitrogens with one attached hydrogen (secondary N) is 3. The number of likely N-dealkylation sites (N-methyl/N-ethyl adjacent to an activating group) is 1. The Morgan fingerprint density at radius 2 is 1.95 bits per heavy atom. The molecule has 2 bridgehead atoms. The van der Waals surface area contributed by atoms with Crippen LogP contribution in [-0.4, -0.2) is 82.9 Å². The first-order valence-corrected chi connectivity index (χ1v) is 13.4. The maximum absolute atomic E-state index is 13.9. The number of benzene rings is 1. The Labute approximate surface area is 222 Å². The van der Waals surface area contributed by atoms with Gasteiger partial charge in [-0.2, -0.15) is 0 Å².